The minimum absolute atomic E-state index is 0.239. The second kappa shape index (κ2) is 2.60. The fraction of sp³-hybridized carbons (Fsp3) is 0.125. The Morgan fingerprint density at radius 1 is 1.43 bits per heavy atom. The van der Waals surface area contributed by atoms with Gasteiger partial charge in [0.15, 0.2) is 0 Å². The van der Waals surface area contributed by atoms with Gasteiger partial charge in [-0.1, -0.05) is 0 Å². The topological polar surface area (TPSA) is 94.4 Å². The zero-order valence-electron chi connectivity index (χ0n) is 7.29. The molecule has 0 unspecified atom stereocenters. The molecule has 0 amide bonds. The molecule has 2 N–H and O–H groups in total. The van der Waals surface area contributed by atoms with Crippen molar-refractivity contribution in [2.45, 2.75) is 0 Å². The van der Waals surface area contributed by atoms with Crippen LogP contribution in [0.3, 0.4) is 0 Å². The highest BCUT2D eigenvalue weighted by molar-refractivity contribution is 5.80. The Morgan fingerprint density at radius 2 is 2.14 bits per heavy atom. The van der Waals surface area contributed by atoms with E-state index in [1.807, 2.05) is 6.07 Å². The monoisotopic (exact) mass is 190 g/mol. The summed E-state index contributed by atoms with van der Waals surface area (Å²) in [4.78, 5) is 27.8. The molecule has 70 valence electrons. The van der Waals surface area contributed by atoms with Crippen molar-refractivity contribution < 1.29 is 0 Å². The number of nitriles is 1. The number of H-pyrrole nitrogens is 2. The van der Waals surface area contributed by atoms with Gasteiger partial charge >= 0.3 is 5.69 Å². The second-order valence-corrected chi connectivity index (χ2v) is 2.86. The van der Waals surface area contributed by atoms with Crippen LogP contribution in [0.4, 0.5) is 0 Å². The first-order chi connectivity index (χ1) is 6.65. The number of rotatable bonds is 0. The van der Waals surface area contributed by atoms with Gasteiger partial charge in [0.25, 0.3) is 5.56 Å². The van der Waals surface area contributed by atoms with E-state index in [1.165, 1.54) is 13.2 Å². The molecule has 2 aromatic heterocycles. The SMILES string of the molecule is Cn1c(=O)[nH]c2c(C#N)c[nH]c2c1=O. The maximum Gasteiger partial charge on any atom is 0.328 e. The van der Waals surface area contributed by atoms with E-state index >= 15 is 0 Å². The normalized spacial score (nSPS) is 10.3. The van der Waals surface area contributed by atoms with Crippen molar-refractivity contribution in [3.05, 3.63) is 32.6 Å². The van der Waals surface area contributed by atoms with Gasteiger partial charge in [-0.05, 0) is 0 Å². The van der Waals surface area contributed by atoms with Crippen LogP contribution < -0.4 is 11.2 Å². The van der Waals surface area contributed by atoms with Crippen LogP contribution >= 0.6 is 0 Å². The Morgan fingerprint density at radius 3 is 2.79 bits per heavy atom. The molecular formula is C8H6N4O2. The fourth-order valence-electron chi connectivity index (χ4n) is 1.26. The lowest BCUT2D eigenvalue weighted by molar-refractivity contribution is 0.792. The lowest BCUT2D eigenvalue weighted by atomic mass is 10.3. The molecule has 0 aliphatic heterocycles. The number of nitrogens with one attached hydrogen (secondary N) is 2. The van der Waals surface area contributed by atoms with Gasteiger partial charge in [0.2, 0.25) is 0 Å². The number of hydrogen-bond acceptors (Lipinski definition) is 3. The van der Waals surface area contributed by atoms with Crippen molar-refractivity contribution in [1.82, 2.24) is 14.5 Å². The summed E-state index contributed by atoms with van der Waals surface area (Å²) in [6.07, 6.45) is 1.39. The van der Waals surface area contributed by atoms with Crippen LogP contribution in [0.15, 0.2) is 15.8 Å². The van der Waals surface area contributed by atoms with Gasteiger partial charge in [0.1, 0.15) is 11.6 Å². The highest BCUT2D eigenvalue weighted by Crippen LogP contribution is 2.08. The molecule has 0 spiro atoms. The van der Waals surface area contributed by atoms with Gasteiger partial charge in [-0.3, -0.25) is 9.36 Å². The Balaban J connectivity index is 3.11. The van der Waals surface area contributed by atoms with Crippen LogP contribution in [0, 0.1) is 11.3 Å². The minimum Gasteiger partial charge on any atom is -0.354 e. The quantitative estimate of drug-likeness (QED) is 0.582. The van der Waals surface area contributed by atoms with Gasteiger partial charge in [-0.25, -0.2) is 4.79 Å². The average molecular weight is 190 g/mol. The van der Waals surface area contributed by atoms with E-state index in [2.05, 4.69) is 9.97 Å². The summed E-state index contributed by atoms with van der Waals surface area (Å²) in [5.74, 6) is 0. The van der Waals surface area contributed by atoms with Crippen LogP contribution in [0.25, 0.3) is 11.0 Å². The summed E-state index contributed by atoms with van der Waals surface area (Å²) in [7, 11) is 1.37. The van der Waals surface area contributed by atoms with Gasteiger partial charge in [0.05, 0.1) is 11.1 Å². The number of aromatic amines is 2. The molecule has 0 aliphatic carbocycles. The zero-order valence-corrected chi connectivity index (χ0v) is 7.29. The number of aromatic nitrogens is 3. The maximum absolute atomic E-state index is 11.5. The predicted molar refractivity (Wildman–Crippen MR) is 48.9 cm³/mol. The first kappa shape index (κ1) is 8.31. The standard InChI is InChI=1S/C8H6N4O2/c1-12-7(13)6-5(11-8(12)14)4(2-9)3-10-6/h3,10H,1H3,(H,11,14). The predicted octanol–water partition coefficient (Wildman–Crippen LogP) is -0.573. The Kier molecular flexibility index (Phi) is 1.54. The van der Waals surface area contributed by atoms with E-state index in [0.29, 0.717) is 0 Å². The number of fused-ring (bicyclic) bond motifs is 1. The van der Waals surface area contributed by atoms with Gasteiger partial charge in [-0.15, -0.1) is 0 Å². The molecular weight excluding hydrogens is 184 g/mol. The third kappa shape index (κ3) is 0.894. The van der Waals surface area contributed by atoms with Crippen molar-refractivity contribution in [2.24, 2.45) is 7.05 Å². The largest absolute Gasteiger partial charge is 0.354 e. The molecule has 14 heavy (non-hydrogen) atoms. The minimum atomic E-state index is -0.529. The summed E-state index contributed by atoms with van der Waals surface area (Å²) in [6.45, 7) is 0. The van der Waals surface area contributed by atoms with Crippen molar-refractivity contribution in [3.63, 3.8) is 0 Å². The molecule has 0 saturated heterocycles. The highest BCUT2D eigenvalue weighted by Gasteiger charge is 2.09. The molecule has 0 aliphatic rings. The fourth-order valence-corrected chi connectivity index (χ4v) is 1.26. The number of hydrogen-bond donors (Lipinski definition) is 2. The second-order valence-electron chi connectivity index (χ2n) is 2.86. The molecule has 2 rings (SSSR count). The van der Waals surface area contributed by atoms with Crippen molar-refractivity contribution in [3.8, 4) is 6.07 Å². The van der Waals surface area contributed by atoms with Crippen molar-refractivity contribution in [1.29, 1.82) is 5.26 Å². The van der Waals surface area contributed by atoms with Crippen LogP contribution in [-0.4, -0.2) is 14.5 Å². The van der Waals surface area contributed by atoms with Gasteiger partial charge in [-0.2, -0.15) is 5.26 Å². The lowest BCUT2D eigenvalue weighted by Gasteiger charge is -1.95. The Labute approximate surface area is 77.4 Å². The zero-order chi connectivity index (χ0) is 10.3. The Hall–Kier alpha value is -2.29. The van der Waals surface area contributed by atoms with Crippen molar-refractivity contribution in [2.75, 3.05) is 0 Å². The Bertz CT molecular complexity index is 653. The first-order valence-electron chi connectivity index (χ1n) is 3.85. The molecule has 0 fully saturated rings. The van der Waals surface area contributed by atoms with E-state index in [0.717, 1.165) is 4.57 Å². The third-order valence-electron chi connectivity index (χ3n) is 2.06. The maximum atomic E-state index is 11.5. The van der Waals surface area contributed by atoms with E-state index in [4.69, 9.17) is 5.26 Å². The van der Waals surface area contributed by atoms with Crippen LogP contribution in [0.5, 0.6) is 0 Å². The summed E-state index contributed by atoms with van der Waals surface area (Å²) in [5, 5.41) is 8.67. The summed E-state index contributed by atoms with van der Waals surface area (Å²) in [6, 6.07) is 1.87. The molecule has 2 heterocycles. The number of nitrogens with zero attached hydrogens (tertiary/aromatic N) is 2. The third-order valence-corrected chi connectivity index (χ3v) is 2.06. The molecule has 0 bridgehead atoms. The molecule has 0 saturated carbocycles. The van der Waals surface area contributed by atoms with E-state index < -0.39 is 11.2 Å². The van der Waals surface area contributed by atoms with E-state index in [9.17, 15) is 9.59 Å². The van der Waals surface area contributed by atoms with Gasteiger partial charge in [0, 0.05) is 13.2 Å². The van der Waals surface area contributed by atoms with Gasteiger partial charge < -0.3 is 9.97 Å². The summed E-state index contributed by atoms with van der Waals surface area (Å²) >= 11 is 0. The smallest absolute Gasteiger partial charge is 0.328 e. The van der Waals surface area contributed by atoms with E-state index in [-0.39, 0.29) is 16.6 Å². The summed E-state index contributed by atoms with van der Waals surface area (Å²) in [5.41, 5.74) is -0.206. The van der Waals surface area contributed by atoms with E-state index in [1.54, 1.807) is 0 Å². The van der Waals surface area contributed by atoms with Crippen LogP contribution in [-0.2, 0) is 7.05 Å². The average Bonchev–Trinajstić information content (AvgIpc) is 2.57. The first-order valence-corrected chi connectivity index (χ1v) is 3.85. The van der Waals surface area contributed by atoms with Crippen LogP contribution in [0.2, 0.25) is 0 Å². The van der Waals surface area contributed by atoms with Crippen molar-refractivity contribution >= 4 is 11.0 Å². The molecule has 0 radical (unpaired) electrons. The molecule has 0 atom stereocenters. The molecule has 2 aromatic rings. The molecule has 0 aromatic carbocycles. The highest BCUT2D eigenvalue weighted by atomic mass is 16.2. The summed E-state index contributed by atoms with van der Waals surface area (Å²) < 4.78 is 0.944. The lowest BCUT2D eigenvalue weighted by Crippen LogP contribution is -2.32. The molecule has 6 nitrogen and oxygen atoms in total. The molecule has 6 heteroatoms. The van der Waals surface area contributed by atoms with Crippen LogP contribution in [0.1, 0.15) is 5.56 Å².